The smallest absolute Gasteiger partial charge is 0.326 e. The molecule has 1 aliphatic heterocycles. The summed E-state index contributed by atoms with van der Waals surface area (Å²) in [5.41, 5.74) is -6.66. The molecule has 2 amide bonds. The molecule has 0 spiro atoms. The van der Waals surface area contributed by atoms with Gasteiger partial charge in [-0.25, -0.2) is 4.79 Å². The van der Waals surface area contributed by atoms with Crippen molar-refractivity contribution >= 4 is 17.6 Å². The zero-order valence-corrected chi connectivity index (χ0v) is 15.0. The molecule has 0 fully saturated rings. The first-order valence-corrected chi connectivity index (χ1v) is 8.00. The molecular weight excluding hydrogens is 381 g/mol. The number of hydrogen-bond acceptors (Lipinski definition) is 4. The Morgan fingerprint density at radius 2 is 1.71 bits per heavy atom. The molecule has 11 heteroatoms. The number of benzene rings is 1. The average molecular weight is 396 g/mol. The van der Waals surface area contributed by atoms with Crippen molar-refractivity contribution in [2.75, 3.05) is 5.32 Å². The van der Waals surface area contributed by atoms with Gasteiger partial charge in [-0.1, -0.05) is 18.2 Å². The normalized spacial score (nSPS) is 18.6. The van der Waals surface area contributed by atoms with Crippen LogP contribution in [0.1, 0.15) is 21.5 Å². The largest absolute Gasteiger partial charge is 0.425 e. The summed E-state index contributed by atoms with van der Waals surface area (Å²) in [4.78, 5) is 49.6. The predicted molar refractivity (Wildman–Crippen MR) is 91.9 cm³/mol. The molecule has 148 valence electrons. The highest BCUT2D eigenvalue weighted by atomic mass is 19.4. The molecule has 0 aliphatic carbocycles. The van der Waals surface area contributed by atoms with E-state index in [4.69, 9.17) is 0 Å². The Hall–Kier alpha value is -3.37. The number of hydrogen-bond donors (Lipinski definition) is 2. The van der Waals surface area contributed by atoms with Gasteiger partial charge in [0, 0.05) is 19.7 Å². The summed E-state index contributed by atoms with van der Waals surface area (Å²) in [6.07, 6.45) is -5.36. The van der Waals surface area contributed by atoms with Crippen LogP contribution >= 0.6 is 0 Å². The Labute approximate surface area is 155 Å². The number of nitrogens with zero attached hydrogens (tertiary/aromatic N) is 2. The fourth-order valence-corrected chi connectivity index (χ4v) is 3.17. The van der Waals surface area contributed by atoms with Gasteiger partial charge in [0.05, 0.1) is 0 Å². The lowest BCUT2D eigenvalue weighted by molar-refractivity contribution is -0.196. The van der Waals surface area contributed by atoms with Gasteiger partial charge in [0.1, 0.15) is 11.4 Å². The van der Waals surface area contributed by atoms with E-state index < -0.39 is 46.2 Å². The summed E-state index contributed by atoms with van der Waals surface area (Å²) in [6.45, 7) is 1.51. The summed E-state index contributed by atoms with van der Waals surface area (Å²) >= 11 is 0. The SMILES string of the molecule is Cc1ccccc1C(=O)N[C@@]1(C(F)(F)F)C(=O)Nc2c1c(=O)n(C)c(=O)n2C. The minimum atomic E-state index is -5.36. The van der Waals surface area contributed by atoms with Crippen LogP contribution in [0.15, 0.2) is 33.9 Å². The van der Waals surface area contributed by atoms with Crippen molar-refractivity contribution in [1.82, 2.24) is 14.5 Å². The number of amides is 2. The fraction of sp³-hybridized carbons (Fsp3) is 0.294. The lowest BCUT2D eigenvalue weighted by Crippen LogP contribution is -2.62. The number of rotatable bonds is 2. The second-order valence-electron chi connectivity index (χ2n) is 6.40. The maximum atomic E-state index is 14.2. The van der Waals surface area contributed by atoms with Gasteiger partial charge in [0.2, 0.25) is 0 Å². The molecule has 28 heavy (non-hydrogen) atoms. The van der Waals surface area contributed by atoms with Crippen molar-refractivity contribution in [3.63, 3.8) is 0 Å². The number of alkyl halides is 3. The fourth-order valence-electron chi connectivity index (χ4n) is 3.17. The Kier molecular flexibility index (Phi) is 4.21. The summed E-state index contributed by atoms with van der Waals surface area (Å²) in [5, 5.41) is 3.62. The van der Waals surface area contributed by atoms with Crippen molar-refractivity contribution in [1.29, 1.82) is 0 Å². The van der Waals surface area contributed by atoms with Crippen LogP contribution in [0.3, 0.4) is 0 Å². The summed E-state index contributed by atoms with van der Waals surface area (Å²) in [6, 6.07) is 5.85. The van der Waals surface area contributed by atoms with Gasteiger partial charge in [-0.3, -0.25) is 23.5 Å². The van der Waals surface area contributed by atoms with E-state index in [-0.39, 0.29) is 5.56 Å². The minimum Gasteiger partial charge on any atom is -0.326 e. The van der Waals surface area contributed by atoms with E-state index in [0.29, 0.717) is 14.7 Å². The van der Waals surface area contributed by atoms with Gasteiger partial charge in [0.15, 0.2) is 0 Å². The molecule has 0 saturated heterocycles. The highest BCUT2D eigenvalue weighted by Crippen LogP contribution is 2.45. The van der Waals surface area contributed by atoms with Crippen LogP contribution in [0, 0.1) is 6.92 Å². The molecule has 1 aromatic carbocycles. The third-order valence-corrected chi connectivity index (χ3v) is 4.73. The maximum Gasteiger partial charge on any atom is 0.425 e. The lowest BCUT2D eigenvalue weighted by atomic mass is 9.91. The second-order valence-corrected chi connectivity index (χ2v) is 6.40. The molecule has 1 aromatic heterocycles. The molecule has 0 radical (unpaired) electrons. The predicted octanol–water partition coefficient (Wildman–Crippen LogP) is 0.532. The Morgan fingerprint density at radius 1 is 1.11 bits per heavy atom. The van der Waals surface area contributed by atoms with Crippen LogP contribution in [0.25, 0.3) is 0 Å². The van der Waals surface area contributed by atoms with E-state index >= 15 is 0 Å². The third kappa shape index (κ3) is 2.46. The third-order valence-electron chi connectivity index (χ3n) is 4.73. The van der Waals surface area contributed by atoms with Crippen molar-refractivity contribution < 1.29 is 22.8 Å². The highest BCUT2D eigenvalue weighted by Gasteiger charge is 2.68. The summed E-state index contributed by atoms with van der Waals surface area (Å²) < 4.78 is 43.6. The topological polar surface area (TPSA) is 102 Å². The molecule has 2 aromatic rings. The van der Waals surface area contributed by atoms with Crippen molar-refractivity contribution in [2.24, 2.45) is 14.1 Å². The molecule has 0 bridgehead atoms. The first-order valence-electron chi connectivity index (χ1n) is 8.00. The first kappa shape index (κ1) is 19.4. The van der Waals surface area contributed by atoms with Gasteiger partial charge >= 0.3 is 11.9 Å². The zero-order chi connectivity index (χ0) is 21.0. The average Bonchev–Trinajstić information content (AvgIpc) is 2.92. The number of halogens is 3. The van der Waals surface area contributed by atoms with E-state index in [1.54, 1.807) is 11.4 Å². The van der Waals surface area contributed by atoms with E-state index in [9.17, 15) is 32.3 Å². The molecule has 1 atom stereocenters. The number of aryl methyl sites for hydroxylation is 1. The van der Waals surface area contributed by atoms with Gasteiger partial charge in [-0.2, -0.15) is 13.2 Å². The van der Waals surface area contributed by atoms with Gasteiger partial charge in [-0.05, 0) is 18.6 Å². The van der Waals surface area contributed by atoms with Crippen LogP contribution in [-0.2, 0) is 24.4 Å². The van der Waals surface area contributed by atoms with Crippen molar-refractivity contribution in [2.45, 2.75) is 18.6 Å². The van der Waals surface area contributed by atoms with E-state index in [0.717, 1.165) is 14.1 Å². The van der Waals surface area contributed by atoms with Crippen LogP contribution in [-0.4, -0.2) is 27.1 Å². The summed E-state index contributed by atoms with van der Waals surface area (Å²) in [7, 11) is 2.09. The van der Waals surface area contributed by atoms with E-state index in [2.05, 4.69) is 0 Å². The molecule has 2 heterocycles. The monoisotopic (exact) mass is 396 g/mol. The Morgan fingerprint density at radius 3 is 2.29 bits per heavy atom. The van der Waals surface area contributed by atoms with Gasteiger partial charge < -0.3 is 10.6 Å². The molecule has 0 unspecified atom stereocenters. The van der Waals surface area contributed by atoms with E-state index in [1.165, 1.54) is 25.1 Å². The number of nitrogens with one attached hydrogen (secondary N) is 2. The Balaban J connectivity index is 2.31. The lowest BCUT2D eigenvalue weighted by Gasteiger charge is -2.30. The molecule has 0 saturated carbocycles. The van der Waals surface area contributed by atoms with E-state index in [1.807, 2.05) is 5.32 Å². The molecule has 2 N–H and O–H groups in total. The van der Waals surface area contributed by atoms with Gasteiger partial charge in [0.25, 0.3) is 22.9 Å². The summed E-state index contributed by atoms with van der Waals surface area (Å²) in [5.74, 6) is -3.47. The second kappa shape index (κ2) is 6.08. The zero-order valence-electron chi connectivity index (χ0n) is 15.0. The van der Waals surface area contributed by atoms with Crippen LogP contribution in [0.2, 0.25) is 0 Å². The van der Waals surface area contributed by atoms with Crippen LogP contribution < -0.4 is 21.9 Å². The number of aromatic nitrogens is 2. The molecule has 1 aliphatic rings. The molecule has 8 nitrogen and oxygen atoms in total. The Bertz CT molecular complexity index is 1130. The molecule has 3 rings (SSSR count). The van der Waals surface area contributed by atoms with Crippen molar-refractivity contribution in [3.8, 4) is 0 Å². The van der Waals surface area contributed by atoms with Crippen LogP contribution in [0.4, 0.5) is 19.0 Å². The number of carbonyl (C=O) groups is 2. The highest BCUT2D eigenvalue weighted by molar-refractivity contribution is 6.09. The molecular formula is C17H15F3N4O4. The van der Waals surface area contributed by atoms with Crippen LogP contribution in [0.5, 0.6) is 0 Å². The minimum absolute atomic E-state index is 0.0889. The first-order chi connectivity index (χ1) is 12.9. The van der Waals surface area contributed by atoms with Crippen molar-refractivity contribution in [3.05, 3.63) is 61.8 Å². The quantitative estimate of drug-likeness (QED) is 0.773. The number of fused-ring (bicyclic) bond motifs is 1. The number of anilines is 1. The number of carbonyl (C=O) groups excluding carboxylic acids is 2. The standard InChI is InChI=1S/C17H15F3N4O4/c1-8-6-4-5-7-9(8)12(25)22-16(17(18,19)20)10-11(21-14(16)27)23(2)15(28)24(3)13(10)26/h4-7H,1-3H3,(H,21,27)(H,22,25)/t16-/m1/s1. The van der Waals surface area contributed by atoms with Gasteiger partial charge in [-0.15, -0.1) is 0 Å². The maximum absolute atomic E-state index is 14.2.